The molecule has 0 amide bonds. The summed E-state index contributed by atoms with van der Waals surface area (Å²) in [5.74, 6) is -1.04. The van der Waals surface area contributed by atoms with Gasteiger partial charge in [0.15, 0.2) is 0 Å². The van der Waals surface area contributed by atoms with Crippen molar-refractivity contribution in [2.24, 2.45) is 0 Å². The number of hydrogen-bond acceptors (Lipinski definition) is 4. The molecular weight excluding hydrogens is 288 g/mol. The van der Waals surface area contributed by atoms with Gasteiger partial charge in [-0.25, -0.2) is 9.48 Å². The Morgan fingerprint density at radius 1 is 1.24 bits per heavy atom. The predicted molar refractivity (Wildman–Crippen MR) is 78.9 cm³/mol. The summed E-state index contributed by atoms with van der Waals surface area (Å²) in [5, 5.41) is 25.3. The lowest BCUT2D eigenvalue weighted by molar-refractivity contribution is 0.0692. The fourth-order valence-electron chi connectivity index (χ4n) is 2.06. The van der Waals surface area contributed by atoms with Crippen LogP contribution in [0.15, 0.2) is 54.2 Å². The van der Waals surface area contributed by atoms with Crippen molar-refractivity contribution in [2.75, 3.05) is 0 Å². The Balaban J connectivity index is 1.93. The number of thiophene rings is 1. The van der Waals surface area contributed by atoms with Gasteiger partial charge in [0, 0.05) is 11.8 Å². The third-order valence-corrected chi connectivity index (χ3v) is 4.08. The first-order valence-electron chi connectivity index (χ1n) is 6.25. The van der Waals surface area contributed by atoms with Crippen LogP contribution in [0.5, 0.6) is 0 Å². The summed E-state index contributed by atoms with van der Waals surface area (Å²) in [6.45, 7) is 0. The van der Waals surface area contributed by atoms with Crippen LogP contribution in [-0.2, 0) is 0 Å². The van der Waals surface area contributed by atoms with E-state index in [4.69, 9.17) is 5.11 Å². The van der Waals surface area contributed by atoms with Crippen LogP contribution in [0.2, 0.25) is 0 Å². The Labute approximate surface area is 124 Å². The molecule has 2 N–H and O–H groups in total. The second-order valence-corrected chi connectivity index (χ2v) is 5.41. The summed E-state index contributed by atoms with van der Waals surface area (Å²) in [5.41, 5.74) is 1.56. The summed E-state index contributed by atoms with van der Waals surface area (Å²) < 4.78 is 1.65. The molecule has 3 aromatic rings. The minimum Gasteiger partial charge on any atom is -0.478 e. The van der Waals surface area contributed by atoms with Crippen LogP contribution in [-0.4, -0.2) is 26.0 Å². The third kappa shape index (κ3) is 2.58. The zero-order chi connectivity index (χ0) is 14.8. The van der Waals surface area contributed by atoms with Gasteiger partial charge < -0.3 is 10.2 Å². The number of aliphatic hydroxyl groups excluding tert-OH is 1. The van der Waals surface area contributed by atoms with Gasteiger partial charge in [0.1, 0.15) is 6.10 Å². The quantitative estimate of drug-likeness (QED) is 0.777. The maximum atomic E-state index is 11.1. The zero-order valence-corrected chi connectivity index (χ0v) is 11.7. The van der Waals surface area contributed by atoms with Crippen molar-refractivity contribution in [3.63, 3.8) is 0 Å². The standard InChI is InChI=1S/C15H12N2O3S/c18-13(14-12(15(19)20)6-7-21-14)10-8-16-17(9-10)11-4-2-1-3-5-11/h1-9,13,18H,(H,19,20). The lowest BCUT2D eigenvalue weighted by atomic mass is 10.1. The van der Waals surface area contributed by atoms with Gasteiger partial charge in [-0.3, -0.25) is 0 Å². The van der Waals surface area contributed by atoms with Crippen LogP contribution >= 0.6 is 11.3 Å². The average Bonchev–Trinajstić information content (AvgIpc) is 3.17. The second-order valence-electron chi connectivity index (χ2n) is 4.46. The Kier molecular flexibility index (Phi) is 3.55. The molecule has 0 aliphatic heterocycles. The van der Waals surface area contributed by atoms with Gasteiger partial charge in [-0.1, -0.05) is 18.2 Å². The minimum absolute atomic E-state index is 0.125. The highest BCUT2D eigenvalue weighted by atomic mass is 32.1. The first-order chi connectivity index (χ1) is 10.2. The topological polar surface area (TPSA) is 75.3 Å². The van der Waals surface area contributed by atoms with E-state index in [1.165, 1.54) is 17.4 Å². The van der Waals surface area contributed by atoms with Crippen molar-refractivity contribution in [3.05, 3.63) is 70.2 Å². The van der Waals surface area contributed by atoms with Crippen LogP contribution in [0.25, 0.3) is 5.69 Å². The molecule has 0 spiro atoms. The van der Waals surface area contributed by atoms with Gasteiger partial charge in [0.05, 0.1) is 22.3 Å². The molecule has 0 bridgehead atoms. The lowest BCUT2D eigenvalue weighted by Gasteiger charge is -2.07. The van der Waals surface area contributed by atoms with E-state index in [0.717, 1.165) is 5.69 Å². The van der Waals surface area contributed by atoms with Gasteiger partial charge in [-0.05, 0) is 23.6 Å². The smallest absolute Gasteiger partial charge is 0.336 e. The second kappa shape index (κ2) is 5.51. The van der Waals surface area contributed by atoms with Crippen molar-refractivity contribution in [2.45, 2.75) is 6.10 Å². The minimum atomic E-state index is -1.04. The van der Waals surface area contributed by atoms with Gasteiger partial charge in [0.2, 0.25) is 0 Å². The van der Waals surface area contributed by atoms with E-state index in [1.807, 2.05) is 30.3 Å². The Morgan fingerprint density at radius 2 is 2.00 bits per heavy atom. The fraction of sp³-hybridized carbons (Fsp3) is 0.0667. The van der Waals surface area contributed by atoms with E-state index in [9.17, 15) is 9.90 Å². The molecule has 0 saturated carbocycles. The molecule has 0 aliphatic rings. The first-order valence-corrected chi connectivity index (χ1v) is 7.13. The molecule has 21 heavy (non-hydrogen) atoms. The van der Waals surface area contributed by atoms with E-state index in [-0.39, 0.29) is 5.56 Å². The summed E-state index contributed by atoms with van der Waals surface area (Å²) >= 11 is 1.22. The SMILES string of the molecule is O=C(O)c1ccsc1C(O)c1cnn(-c2ccccc2)c1. The largest absolute Gasteiger partial charge is 0.478 e. The number of rotatable bonds is 4. The van der Waals surface area contributed by atoms with Crippen LogP contribution in [0, 0.1) is 0 Å². The molecule has 3 rings (SSSR count). The van der Waals surface area contributed by atoms with E-state index in [0.29, 0.717) is 10.4 Å². The maximum Gasteiger partial charge on any atom is 0.336 e. The number of carbonyl (C=O) groups is 1. The summed E-state index contributed by atoms with van der Waals surface area (Å²) in [6, 6.07) is 11.0. The first kappa shape index (κ1) is 13.5. The van der Waals surface area contributed by atoms with Crippen molar-refractivity contribution in [1.29, 1.82) is 0 Å². The molecule has 1 aromatic carbocycles. The molecule has 0 radical (unpaired) electrons. The van der Waals surface area contributed by atoms with E-state index in [1.54, 1.807) is 22.5 Å². The van der Waals surface area contributed by atoms with Gasteiger partial charge >= 0.3 is 5.97 Å². The molecular formula is C15H12N2O3S. The summed E-state index contributed by atoms with van der Waals surface area (Å²) in [6.07, 6.45) is 2.25. The number of aromatic nitrogens is 2. The molecule has 0 fully saturated rings. The van der Waals surface area contributed by atoms with Crippen molar-refractivity contribution < 1.29 is 15.0 Å². The molecule has 1 atom stereocenters. The van der Waals surface area contributed by atoms with Crippen LogP contribution in [0.4, 0.5) is 0 Å². The predicted octanol–water partition coefficient (Wildman–Crippen LogP) is 2.71. The highest BCUT2D eigenvalue weighted by Gasteiger charge is 2.21. The number of aromatic carboxylic acids is 1. The third-order valence-electron chi connectivity index (χ3n) is 3.11. The number of aliphatic hydroxyl groups is 1. The average molecular weight is 300 g/mol. The molecule has 0 saturated heterocycles. The number of carboxylic acids is 1. The van der Waals surface area contributed by atoms with E-state index < -0.39 is 12.1 Å². The lowest BCUT2D eigenvalue weighted by Crippen LogP contribution is -2.04. The highest BCUT2D eigenvalue weighted by molar-refractivity contribution is 7.10. The maximum absolute atomic E-state index is 11.1. The fourth-order valence-corrected chi connectivity index (χ4v) is 2.96. The Morgan fingerprint density at radius 3 is 2.71 bits per heavy atom. The number of hydrogen-bond donors (Lipinski definition) is 2. The van der Waals surface area contributed by atoms with Crippen LogP contribution in [0.3, 0.4) is 0 Å². The summed E-state index contributed by atoms with van der Waals surface area (Å²) in [4.78, 5) is 11.5. The number of benzene rings is 1. The molecule has 5 nitrogen and oxygen atoms in total. The summed E-state index contributed by atoms with van der Waals surface area (Å²) in [7, 11) is 0. The molecule has 2 heterocycles. The van der Waals surface area contributed by atoms with Crippen LogP contribution in [0.1, 0.15) is 26.9 Å². The zero-order valence-electron chi connectivity index (χ0n) is 10.9. The van der Waals surface area contributed by atoms with Gasteiger partial charge in [-0.15, -0.1) is 11.3 Å². The van der Waals surface area contributed by atoms with Crippen LogP contribution < -0.4 is 0 Å². The Hall–Kier alpha value is -2.44. The molecule has 2 aromatic heterocycles. The Bertz CT molecular complexity index is 764. The number of para-hydroxylation sites is 1. The van der Waals surface area contributed by atoms with E-state index >= 15 is 0 Å². The normalized spacial score (nSPS) is 12.2. The molecule has 106 valence electrons. The number of carboxylic acid groups (broad SMARTS) is 1. The van der Waals surface area contributed by atoms with Gasteiger partial charge in [-0.2, -0.15) is 5.10 Å². The van der Waals surface area contributed by atoms with Crippen molar-refractivity contribution in [3.8, 4) is 5.69 Å². The molecule has 0 aliphatic carbocycles. The van der Waals surface area contributed by atoms with Gasteiger partial charge in [0.25, 0.3) is 0 Å². The highest BCUT2D eigenvalue weighted by Crippen LogP contribution is 2.29. The molecule has 1 unspecified atom stereocenters. The van der Waals surface area contributed by atoms with E-state index in [2.05, 4.69) is 5.10 Å². The monoisotopic (exact) mass is 300 g/mol. The van der Waals surface area contributed by atoms with Crippen molar-refractivity contribution in [1.82, 2.24) is 9.78 Å². The molecule has 6 heteroatoms. The number of nitrogens with zero attached hydrogens (tertiary/aromatic N) is 2. The van der Waals surface area contributed by atoms with Crippen molar-refractivity contribution >= 4 is 17.3 Å².